The Morgan fingerprint density at radius 1 is 1.44 bits per heavy atom. The van der Waals surface area contributed by atoms with Crippen LogP contribution in [0.5, 0.6) is 5.75 Å². The van der Waals surface area contributed by atoms with E-state index in [4.69, 9.17) is 4.74 Å². The molecule has 0 unspecified atom stereocenters. The molecular formula is C17H21N5O4S. The molecule has 3 rings (SSSR count). The molecule has 1 amide bonds. The Balaban J connectivity index is 1.52. The van der Waals surface area contributed by atoms with Gasteiger partial charge < -0.3 is 10.1 Å². The molecule has 9 nitrogen and oxygen atoms in total. The third-order valence-corrected chi connectivity index (χ3v) is 5.32. The Labute approximate surface area is 160 Å². The lowest BCUT2D eigenvalue weighted by molar-refractivity contribution is -0.384. The van der Waals surface area contributed by atoms with Gasteiger partial charge in [-0.15, -0.1) is 5.10 Å². The summed E-state index contributed by atoms with van der Waals surface area (Å²) >= 11 is 1.23. The molecule has 0 aliphatic heterocycles. The smallest absolute Gasteiger partial charge is 0.273 e. The number of anilines is 1. The molecule has 0 spiro atoms. The highest BCUT2D eigenvalue weighted by molar-refractivity contribution is 7.99. The third-order valence-electron chi connectivity index (χ3n) is 4.47. The van der Waals surface area contributed by atoms with Crippen LogP contribution in [0.2, 0.25) is 0 Å². The van der Waals surface area contributed by atoms with Crippen molar-refractivity contribution < 1.29 is 14.5 Å². The maximum Gasteiger partial charge on any atom is 0.273 e. The van der Waals surface area contributed by atoms with Crippen molar-refractivity contribution in [3.63, 3.8) is 0 Å². The number of aromatic nitrogens is 3. The quantitative estimate of drug-likeness (QED) is 0.402. The number of aromatic amines is 1. The standard InChI is InChI=1S/C17H21N5O4S/c1-26-14-9-12(22(24)25)6-7-13(14)18-16(23)10-27-17-19-15(20-21-17)8-11-4-2-3-5-11/h6-7,9,11H,2-5,8,10H2,1H3,(H,18,23)(H,19,20,21). The summed E-state index contributed by atoms with van der Waals surface area (Å²) in [4.78, 5) is 26.9. The van der Waals surface area contributed by atoms with Gasteiger partial charge in [-0.1, -0.05) is 37.4 Å². The lowest BCUT2D eigenvalue weighted by atomic mass is 10.0. The van der Waals surface area contributed by atoms with E-state index in [-0.39, 0.29) is 23.1 Å². The number of nitrogens with zero attached hydrogens (tertiary/aromatic N) is 3. The topological polar surface area (TPSA) is 123 Å². The summed E-state index contributed by atoms with van der Waals surface area (Å²) in [6.07, 6.45) is 5.95. The Morgan fingerprint density at radius 3 is 2.93 bits per heavy atom. The van der Waals surface area contributed by atoms with Crippen molar-refractivity contribution in [3.8, 4) is 5.75 Å². The van der Waals surface area contributed by atoms with Crippen LogP contribution in [0.25, 0.3) is 0 Å². The normalized spacial score (nSPS) is 14.3. The van der Waals surface area contributed by atoms with Crippen LogP contribution in [0, 0.1) is 16.0 Å². The van der Waals surface area contributed by atoms with Gasteiger partial charge in [-0.3, -0.25) is 20.0 Å². The van der Waals surface area contributed by atoms with Crippen molar-refractivity contribution in [1.29, 1.82) is 0 Å². The van der Waals surface area contributed by atoms with Crippen molar-refractivity contribution in [2.75, 3.05) is 18.2 Å². The molecule has 1 saturated carbocycles. The van der Waals surface area contributed by atoms with Gasteiger partial charge in [0.05, 0.1) is 29.5 Å². The van der Waals surface area contributed by atoms with Gasteiger partial charge in [-0.25, -0.2) is 4.98 Å². The summed E-state index contributed by atoms with van der Waals surface area (Å²) < 4.78 is 5.11. The van der Waals surface area contributed by atoms with Crippen LogP contribution >= 0.6 is 11.8 Å². The molecular weight excluding hydrogens is 370 g/mol. The van der Waals surface area contributed by atoms with Crippen molar-refractivity contribution in [1.82, 2.24) is 15.2 Å². The van der Waals surface area contributed by atoms with Gasteiger partial charge >= 0.3 is 0 Å². The Bertz CT molecular complexity index is 819. The largest absolute Gasteiger partial charge is 0.494 e. The zero-order valence-corrected chi connectivity index (χ0v) is 15.8. The van der Waals surface area contributed by atoms with Gasteiger partial charge in [0.1, 0.15) is 11.6 Å². The molecule has 2 N–H and O–H groups in total. The van der Waals surface area contributed by atoms with E-state index in [0.29, 0.717) is 16.8 Å². The molecule has 0 saturated heterocycles. The number of non-ortho nitro benzene ring substituents is 1. The minimum absolute atomic E-state index is 0.102. The number of benzene rings is 1. The number of amides is 1. The van der Waals surface area contributed by atoms with Crippen LogP contribution in [0.15, 0.2) is 23.4 Å². The number of rotatable bonds is 8. The molecule has 1 heterocycles. The van der Waals surface area contributed by atoms with Crippen LogP contribution in [0.3, 0.4) is 0 Å². The van der Waals surface area contributed by atoms with Gasteiger partial charge in [-0.05, 0) is 12.0 Å². The summed E-state index contributed by atoms with van der Waals surface area (Å²) in [5, 5.41) is 21.1. The van der Waals surface area contributed by atoms with Crippen LogP contribution in [-0.4, -0.2) is 38.9 Å². The van der Waals surface area contributed by atoms with Gasteiger partial charge in [0.2, 0.25) is 11.1 Å². The fourth-order valence-corrected chi connectivity index (χ4v) is 3.75. The molecule has 1 aromatic heterocycles. The van der Waals surface area contributed by atoms with Gasteiger partial charge in [0.25, 0.3) is 5.69 Å². The molecule has 1 aliphatic carbocycles. The number of hydrogen-bond acceptors (Lipinski definition) is 7. The summed E-state index contributed by atoms with van der Waals surface area (Å²) in [5.74, 6) is 1.63. The van der Waals surface area contributed by atoms with Crippen molar-refractivity contribution in [2.45, 2.75) is 37.3 Å². The number of nitro benzene ring substituents is 1. The van der Waals surface area contributed by atoms with Crippen LogP contribution in [-0.2, 0) is 11.2 Å². The van der Waals surface area contributed by atoms with Gasteiger partial charge in [0, 0.05) is 12.5 Å². The number of thioether (sulfide) groups is 1. The number of H-pyrrole nitrogens is 1. The summed E-state index contributed by atoms with van der Waals surface area (Å²) in [7, 11) is 1.39. The van der Waals surface area contributed by atoms with Crippen LogP contribution < -0.4 is 10.1 Å². The molecule has 2 aromatic rings. The number of methoxy groups -OCH3 is 1. The van der Waals surface area contributed by atoms with E-state index in [2.05, 4.69) is 20.5 Å². The van der Waals surface area contributed by atoms with E-state index in [1.165, 1.54) is 62.8 Å². The molecule has 0 radical (unpaired) electrons. The number of hydrogen-bond donors (Lipinski definition) is 2. The minimum atomic E-state index is -0.517. The summed E-state index contributed by atoms with van der Waals surface area (Å²) in [6.45, 7) is 0. The number of carbonyl (C=O) groups excluding carboxylic acids is 1. The van der Waals surface area contributed by atoms with Crippen molar-refractivity contribution >= 4 is 29.0 Å². The predicted octanol–water partition coefficient (Wildman–Crippen LogP) is 3.19. The van der Waals surface area contributed by atoms with Crippen LogP contribution in [0.4, 0.5) is 11.4 Å². The van der Waals surface area contributed by atoms with E-state index in [0.717, 1.165) is 12.2 Å². The zero-order valence-electron chi connectivity index (χ0n) is 14.9. The monoisotopic (exact) mass is 391 g/mol. The van der Waals surface area contributed by atoms with Crippen molar-refractivity contribution in [3.05, 3.63) is 34.1 Å². The lowest BCUT2D eigenvalue weighted by Crippen LogP contribution is -2.15. The molecule has 0 atom stereocenters. The highest BCUT2D eigenvalue weighted by atomic mass is 32.2. The first-order valence-corrected chi connectivity index (χ1v) is 9.70. The van der Waals surface area contributed by atoms with E-state index in [1.54, 1.807) is 0 Å². The summed E-state index contributed by atoms with van der Waals surface area (Å²) in [5.41, 5.74) is 0.278. The highest BCUT2D eigenvalue weighted by Gasteiger charge is 2.18. The SMILES string of the molecule is COc1cc([N+](=O)[O-])ccc1NC(=O)CSc1n[nH]c(CC2CCCC2)n1. The molecule has 1 aliphatic rings. The second-order valence-electron chi connectivity index (χ2n) is 6.40. The molecule has 144 valence electrons. The predicted molar refractivity (Wildman–Crippen MR) is 101 cm³/mol. The first kappa shape index (κ1) is 19.2. The van der Waals surface area contributed by atoms with E-state index >= 15 is 0 Å². The maximum atomic E-state index is 12.2. The molecule has 1 aromatic carbocycles. The van der Waals surface area contributed by atoms with E-state index in [1.807, 2.05) is 0 Å². The van der Waals surface area contributed by atoms with Gasteiger partial charge in [-0.2, -0.15) is 0 Å². The Hall–Kier alpha value is -2.62. The Kier molecular flexibility index (Phi) is 6.28. The molecule has 1 fully saturated rings. The second kappa shape index (κ2) is 8.85. The Morgan fingerprint density at radius 2 is 2.22 bits per heavy atom. The number of carbonyl (C=O) groups is 1. The summed E-state index contributed by atoms with van der Waals surface area (Å²) in [6, 6.07) is 4.04. The molecule has 27 heavy (non-hydrogen) atoms. The maximum absolute atomic E-state index is 12.2. The second-order valence-corrected chi connectivity index (χ2v) is 7.34. The first-order chi connectivity index (χ1) is 13.0. The number of nitrogens with one attached hydrogen (secondary N) is 2. The van der Waals surface area contributed by atoms with Crippen LogP contribution in [0.1, 0.15) is 31.5 Å². The lowest BCUT2D eigenvalue weighted by Gasteiger charge is -2.09. The molecule has 0 bridgehead atoms. The van der Waals surface area contributed by atoms with E-state index in [9.17, 15) is 14.9 Å². The van der Waals surface area contributed by atoms with Crippen molar-refractivity contribution in [2.24, 2.45) is 5.92 Å². The minimum Gasteiger partial charge on any atom is -0.494 e. The van der Waals surface area contributed by atoms with Gasteiger partial charge in [0.15, 0.2) is 0 Å². The fourth-order valence-electron chi connectivity index (χ4n) is 3.13. The highest BCUT2D eigenvalue weighted by Crippen LogP contribution is 2.29. The fraction of sp³-hybridized carbons (Fsp3) is 0.471. The third kappa shape index (κ3) is 5.19. The number of nitro groups is 1. The number of ether oxygens (including phenoxy) is 1. The average Bonchev–Trinajstić information content (AvgIpc) is 3.32. The average molecular weight is 391 g/mol. The molecule has 10 heteroatoms. The zero-order chi connectivity index (χ0) is 19.2. The van der Waals surface area contributed by atoms with E-state index < -0.39 is 4.92 Å². The first-order valence-electron chi connectivity index (χ1n) is 8.71.